The highest BCUT2D eigenvalue weighted by atomic mass is 16.2. The van der Waals surface area contributed by atoms with Crippen LogP contribution in [0.3, 0.4) is 0 Å². The summed E-state index contributed by atoms with van der Waals surface area (Å²) in [5.74, 6) is 0.680. The molecule has 0 aromatic rings. The molecule has 0 aliphatic heterocycles. The van der Waals surface area contributed by atoms with E-state index in [2.05, 4.69) is 13.8 Å². The van der Waals surface area contributed by atoms with Crippen molar-refractivity contribution >= 4 is 5.91 Å². The van der Waals surface area contributed by atoms with Crippen molar-refractivity contribution in [2.45, 2.75) is 46.6 Å². The maximum atomic E-state index is 11.5. The zero-order chi connectivity index (χ0) is 9.94. The van der Waals surface area contributed by atoms with Crippen LogP contribution in [0, 0.1) is 5.92 Å². The summed E-state index contributed by atoms with van der Waals surface area (Å²) in [4.78, 5) is 13.3. The van der Waals surface area contributed by atoms with Crippen LogP contribution in [0.2, 0.25) is 0 Å². The lowest BCUT2D eigenvalue weighted by Crippen LogP contribution is -2.42. The lowest BCUT2D eigenvalue weighted by Gasteiger charge is -2.32. The van der Waals surface area contributed by atoms with E-state index in [1.165, 1.54) is 0 Å². The van der Waals surface area contributed by atoms with E-state index in [1.54, 1.807) is 0 Å². The van der Waals surface area contributed by atoms with Gasteiger partial charge < -0.3 is 4.90 Å². The minimum atomic E-state index is -0.0496. The van der Waals surface area contributed by atoms with Crippen LogP contribution in [0.25, 0.3) is 0 Å². The molecule has 0 heterocycles. The molecule has 0 aliphatic carbocycles. The number of hydrogen-bond donors (Lipinski definition) is 0. The molecule has 0 N–H and O–H groups in total. The summed E-state index contributed by atoms with van der Waals surface area (Å²) >= 11 is 0. The molecular formula is C10H21NO. The first-order valence-electron chi connectivity index (χ1n) is 4.52. The van der Waals surface area contributed by atoms with Gasteiger partial charge in [-0.25, -0.2) is 0 Å². The molecule has 0 unspecified atom stereocenters. The Morgan fingerprint density at radius 3 is 2.00 bits per heavy atom. The number of amides is 1. The first-order chi connectivity index (χ1) is 5.25. The molecule has 2 nitrogen and oxygen atoms in total. The third-order valence-corrected chi connectivity index (χ3v) is 1.96. The molecule has 0 saturated heterocycles. The molecule has 1 amide bonds. The van der Waals surface area contributed by atoms with Gasteiger partial charge in [0.2, 0.25) is 5.91 Å². The molecule has 0 bridgehead atoms. The summed E-state index contributed by atoms with van der Waals surface area (Å²) in [6.45, 7) is 10.3. The van der Waals surface area contributed by atoms with E-state index in [1.807, 2.05) is 32.7 Å². The van der Waals surface area contributed by atoms with Crippen molar-refractivity contribution in [2.24, 2.45) is 5.92 Å². The van der Waals surface area contributed by atoms with E-state index < -0.39 is 0 Å². The highest BCUT2D eigenvalue weighted by Crippen LogP contribution is 2.13. The van der Waals surface area contributed by atoms with Crippen molar-refractivity contribution in [3.05, 3.63) is 0 Å². The summed E-state index contributed by atoms with van der Waals surface area (Å²) in [7, 11) is 1.87. The Labute approximate surface area is 75.9 Å². The Bertz CT molecular complexity index is 156. The zero-order valence-corrected chi connectivity index (χ0v) is 9.14. The Morgan fingerprint density at radius 1 is 1.33 bits per heavy atom. The van der Waals surface area contributed by atoms with Gasteiger partial charge in [0.1, 0.15) is 0 Å². The first kappa shape index (κ1) is 11.5. The van der Waals surface area contributed by atoms with E-state index >= 15 is 0 Å². The molecule has 72 valence electrons. The molecular weight excluding hydrogens is 150 g/mol. The average Bonchev–Trinajstić information content (AvgIpc) is 1.82. The molecule has 2 heteroatoms. The number of hydrogen-bond acceptors (Lipinski definition) is 1. The van der Waals surface area contributed by atoms with Gasteiger partial charge in [0, 0.05) is 19.0 Å². The van der Waals surface area contributed by atoms with Crippen molar-refractivity contribution in [3.63, 3.8) is 0 Å². The van der Waals surface area contributed by atoms with Crippen LogP contribution in [0.15, 0.2) is 0 Å². The predicted octanol–water partition coefficient (Wildman–Crippen LogP) is 2.29. The first-order valence-corrected chi connectivity index (χ1v) is 4.52. The van der Waals surface area contributed by atoms with Crippen molar-refractivity contribution in [2.75, 3.05) is 7.05 Å². The summed E-state index contributed by atoms with van der Waals surface area (Å²) in [6.07, 6.45) is 0.647. The summed E-state index contributed by atoms with van der Waals surface area (Å²) in [5.41, 5.74) is -0.0496. The normalized spacial score (nSPS) is 11.9. The second-order valence-corrected chi connectivity index (χ2v) is 4.72. The summed E-state index contributed by atoms with van der Waals surface area (Å²) in [5, 5.41) is 0. The fraction of sp³-hybridized carbons (Fsp3) is 0.900. The van der Waals surface area contributed by atoms with Gasteiger partial charge in [0.05, 0.1) is 0 Å². The lowest BCUT2D eigenvalue weighted by atomic mass is 10.0. The topological polar surface area (TPSA) is 20.3 Å². The average molecular weight is 171 g/mol. The molecule has 0 saturated carbocycles. The van der Waals surface area contributed by atoms with Gasteiger partial charge in [0.15, 0.2) is 0 Å². The second-order valence-electron chi connectivity index (χ2n) is 4.72. The Morgan fingerprint density at radius 2 is 1.75 bits per heavy atom. The number of nitrogens with zero attached hydrogens (tertiary/aromatic N) is 1. The highest BCUT2D eigenvalue weighted by Gasteiger charge is 2.22. The molecule has 0 aliphatic rings. The molecule has 0 fully saturated rings. The van der Waals surface area contributed by atoms with Gasteiger partial charge in [-0.1, -0.05) is 13.8 Å². The van der Waals surface area contributed by atoms with Gasteiger partial charge in [0.25, 0.3) is 0 Å². The van der Waals surface area contributed by atoms with Crippen LogP contribution in [0.1, 0.15) is 41.0 Å². The smallest absolute Gasteiger partial charge is 0.222 e. The van der Waals surface area contributed by atoms with Crippen molar-refractivity contribution in [1.29, 1.82) is 0 Å². The van der Waals surface area contributed by atoms with E-state index in [0.717, 1.165) is 0 Å². The van der Waals surface area contributed by atoms with Crippen LogP contribution in [-0.4, -0.2) is 23.4 Å². The standard InChI is InChI=1S/C10H21NO/c1-8(2)7-9(12)11(6)10(3,4)5/h8H,7H2,1-6H3. The Balaban J connectivity index is 4.12. The minimum Gasteiger partial charge on any atom is -0.341 e. The monoisotopic (exact) mass is 171 g/mol. The zero-order valence-electron chi connectivity index (χ0n) is 9.14. The van der Waals surface area contributed by atoms with Crippen molar-refractivity contribution in [3.8, 4) is 0 Å². The molecule has 12 heavy (non-hydrogen) atoms. The van der Waals surface area contributed by atoms with E-state index in [4.69, 9.17) is 0 Å². The molecule has 0 spiro atoms. The molecule has 0 rings (SSSR count). The maximum Gasteiger partial charge on any atom is 0.222 e. The van der Waals surface area contributed by atoms with E-state index in [0.29, 0.717) is 12.3 Å². The minimum absolute atomic E-state index is 0.0496. The summed E-state index contributed by atoms with van der Waals surface area (Å²) in [6, 6.07) is 0. The lowest BCUT2D eigenvalue weighted by molar-refractivity contribution is -0.134. The number of carbonyl (C=O) groups is 1. The van der Waals surface area contributed by atoms with Gasteiger partial charge in [-0.15, -0.1) is 0 Å². The van der Waals surface area contributed by atoms with Crippen LogP contribution < -0.4 is 0 Å². The molecule has 0 atom stereocenters. The SMILES string of the molecule is CC(C)CC(=O)N(C)C(C)(C)C. The largest absolute Gasteiger partial charge is 0.341 e. The highest BCUT2D eigenvalue weighted by molar-refractivity contribution is 5.76. The quantitative estimate of drug-likeness (QED) is 0.624. The van der Waals surface area contributed by atoms with Crippen molar-refractivity contribution < 1.29 is 4.79 Å². The third-order valence-electron chi connectivity index (χ3n) is 1.96. The fourth-order valence-electron chi connectivity index (χ4n) is 0.860. The van der Waals surface area contributed by atoms with E-state index in [9.17, 15) is 4.79 Å². The van der Waals surface area contributed by atoms with Gasteiger partial charge in [-0.05, 0) is 26.7 Å². The van der Waals surface area contributed by atoms with Gasteiger partial charge in [-0.2, -0.15) is 0 Å². The van der Waals surface area contributed by atoms with Gasteiger partial charge >= 0.3 is 0 Å². The van der Waals surface area contributed by atoms with Crippen LogP contribution in [-0.2, 0) is 4.79 Å². The van der Waals surface area contributed by atoms with Crippen LogP contribution in [0.4, 0.5) is 0 Å². The summed E-state index contributed by atoms with van der Waals surface area (Å²) < 4.78 is 0. The second kappa shape index (κ2) is 3.92. The van der Waals surface area contributed by atoms with Crippen LogP contribution >= 0.6 is 0 Å². The maximum absolute atomic E-state index is 11.5. The number of carbonyl (C=O) groups excluding carboxylic acids is 1. The predicted molar refractivity (Wildman–Crippen MR) is 52.0 cm³/mol. The third kappa shape index (κ3) is 3.74. The molecule has 0 aromatic carbocycles. The number of rotatable bonds is 2. The van der Waals surface area contributed by atoms with Crippen LogP contribution in [0.5, 0.6) is 0 Å². The van der Waals surface area contributed by atoms with Crippen molar-refractivity contribution in [1.82, 2.24) is 4.90 Å². The Kier molecular flexibility index (Phi) is 3.75. The molecule has 0 aromatic heterocycles. The van der Waals surface area contributed by atoms with Gasteiger partial charge in [-0.3, -0.25) is 4.79 Å². The Hall–Kier alpha value is -0.530. The van der Waals surface area contributed by atoms with E-state index in [-0.39, 0.29) is 11.4 Å². The fourth-order valence-corrected chi connectivity index (χ4v) is 0.860. The molecule has 0 radical (unpaired) electrons.